The lowest BCUT2D eigenvalue weighted by molar-refractivity contribution is 0.0525. The summed E-state index contributed by atoms with van der Waals surface area (Å²) in [5.41, 5.74) is 6.99. The van der Waals surface area contributed by atoms with Gasteiger partial charge in [0.2, 0.25) is 0 Å². The van der Waals surface area contributed by atoms with Gasteiger partial charge in [-0.3, -0.25) is 4.68 Å². The molecule has 0 saturated heterocycles. The molecule has 0 spiro atoms. The number of nitrogens with two attached hydrogens (primary N) is 1. The molecule has 2 N–H and O–H groups in total. The van der Waals surface area contributed by atoms with E-state index in [1.807, 2.05) is 7.05 Å². The Hall–Kier alpha value is -1.01. The van der Waals surface area contributed by atoms with Gasteiger partial charge in [0.05, 0.1) is 18.5 Å². The molecule has 1 unspecified atom stereocenters. The van der Waals surface area contributed by atoms with Crippen LogP contribution in [0, 0.1) is 0 Å². The van der Waals surface area contributed by atoms with Gasteiger partial charge in [0, 0.05) is 18.1 Å². The van der Waals surface area contributed by atoms with E-state index in [1.165, 1.54) is 0 Å². The second kappa shape index (κ2) is 7.43. The van der Waals surface area contributed by atoms with Gasteiger partial charge in [-0.05, 0) is 19.9 Å². The number of hydrogen-bond donors (Lipinski definition) is 1. The summed E-state index contributed by atoms with van der Waals surface area (Å²) < 4.78 is 6.75. The Bertz CT molecular complexity index is 393. The van der Waals surface area contributed by atoms with Gasteiger partial charge in [-0.25, -0.2) is 4.79 Å². The zero-order valence-corrected chi connectivity index (χ0v) is 12.0. The van der Waals surface area contributed by atoms with E-state index >= 15 is 0 Å². The molecule has 0 aromatic carbocycles. The standard InChI is InChI=1S/C12H21N3O2S/c1-4-17-12(16)10-7-14-15(3)11(10)8-18-9(2)5-6-13/h7,9H,4-6,8,13H2,1-3H3. The summed E-state index contributed by atoms with van der Waals surface area (Å²) >= 11 is 1.77. The van der Waals surface area contributed by atoms with Crippen LogP contribution in [0.2, 0.25) is 0 Å². The van der Waals surface area contributed by atoms with Crippen LogP contribution in [0.25, 0.3) is 0 Å². The van der Waals surface area contributed by atoms with Crippen molar-refractivity contribution in [1.82, 2.24) is 9.78 Å². The van der Waals surface area contributed by atoms with Crippen molar-refractivity contribution >= 4 is 17.7 Å². The Labute approximate surface area is 112 Å². The van der Waals surface area contributed by atoms with Gasteiger partial charge in [0.15, 0.2) is 0 Å². The molecule has 0 saturated carbocycles. The molecule has 5 nitrogen and oxygen atoms in total. The summed E-state index contributed by atoms with van der Waals surface area (Å²) in [4.78, 5) is 11.7. The fourth-order valence-electron chi connectivity index (χ4n) is 1.55. The summed E-state index contributed by atoms with van der Waals surface area (Å²) in [5.74, 6) is 0.443. The van der Waals surface area contributed by atoms with Gasteiger partial charge in [-0.2, -0.15) is 16.9 Å². The number of aromatic nitrogens is 2. The quantitative estimate of drug-likeness (QED) is 0.762. The second-order valence-electron chi connectivity index (χ2n) is 4.05. The van der Waals surface area contributed by atoms with Gasteiger partial charge in [-0.1, -0.05) is 6.92 Å². The van der Waals surface area contributed by atoms with Crippen LogP contribution >= 0.6 is 11.8 Å². The molecule has 1 aromatic heterocycles. The molecule has 1 rings (SSSR count). The van der Waals surface area contributed by atoms with Gasteiger partial charge >= 0.3 is 5.97 Å². The van der Waals surface area contributed by atoms with Crippen molar-refractivity contribution in [2.45, 2.75) is 31.3 Å². The van der Waals surface area contributed by atoms with Crippen LogP contribution in [0.5, 0.6) is 0 Å². The Balaban J connectivity index is 2.69. The van der Waals surface area contributed by atoms with Crippen molar-refractivity contribution in [3.8, 4) is 0 Å². The predicted molar refractivity (Wildman–Crippen MR) is 73.6 cm³/mol. The molecular weight excluding hydrogens is 250 g/mol. The third kappa shape index (κ3) is 4.03. The summed E-state index contributed by atoms with van der Waals surface area (Å²) in [5, 5.41) is 4.59. The lowest BCUT2D eigenvalue weighted by atomic mass is 10.3. The zero-order chi connectivity index (χ0) is 13.5. The first kappa shape index (κ1) is 15.0. The molecule has 0 fully saturated rings. The van der Waals surface area contributed by atoms with Crippen LogP contribution < -0.4 is 5.73 Å². The molecule has 1 atom stereocenters. The van der Waals surface area contributed by atoms with Crippen molar-refractivity contribution < 1.29 is 9.53 Å². The van der Waals surface area contributed by atoms with Crippen LogP contribution in [0.1, 0.15) is 36.3 Å². The fourth-order valence-corrected chi connectivity index (χ4v) is 2.64. The van der Waals surface area contributed by atoms with Crippen molar-refractivity contribution in [2.75, 3.05) is 13.2 Å². The average Bonchev–Trinajstić information content (AvgIpc) is 2.69. The van der Waals surface area contributed by atoms with Gasteiger partial charge < -0.3 is 10.5 Å². The molecular formula is C12H21N3O2S. The summed E-state index contributed by atoms with van der Waals surface area (Å²) in [6, 6.07) is 0. The maximum Gasteiger partial charge on any atom is 0.341 e. The average molecular weight is 271 g/mol. The molecule has 6 heteroatoms. The molecule has 0 aliphatic rings. The number of aryl methyl sites for hydroxylation is 1. The van der Waals surface area contributed by atoms with Gasteiger partial charge in [0.1, 0.15) is 5.56 Å². The Morgan fingerprint density at radius 1 is 1.67 bits per heavy atom. The zero-order valence-electron chi connectivity index (χ0n) is 11.2. The van der Waals surface area contributed by atoms with E-state index in [0.29, 0.717) is 24.0 Å². The summed E-state index contributed by atoms with van der Waals surface area (Å²) in [6.07, 6.45) is 2.54. The molecule has 1 aromatic rings. The number of hydrogen-bond acceptors (Lipinski definition) is 5. The van der Waals surface area contributed by atoms with Crippen LogP contribution in [0.15, 0.2) is 6.20 Å². The van der Waals surface area contributed by atoms with E-state index in [9.17, 15) is 4.79 Å². The lowest BCUT2D eigenvalue weighted by Crippen LogP contribution is -2.10. The number of thioether (sulfide) groups is 1. The number of esters is 1. The third-order valence-corrected chi connectivity index (χ3v) is 3.88. The number of rotatable bonds is 7. The van der Waals surface area contributed by atoms with Gasteiger partial charge in [0.25, 0.3) is 0 Å². The van der Waals surface area contributed by atoms with Crippen LogP contribution in [0.3, 0.4) is 0 Å². The van der Waals surface area contributed by atoms with E-state index in [1.54, 1.807) is 29.6 Å². The SMILES string of the molecule is CCOC(=O)c1cnn(C)c1CSC(C)CCN. The minimum absolute atomic E-state index is 0.298. The van der Waals surface area contributed by atoms with Crippen molar-refractivity contribution in [1.29, 1.82) is 0 Å². The second-order valence-corrected chi connectivity index (χ2v) is 5.47. The smallest absolute Gasteiger partial charge is 0.341 e. The molecule has 18 heavy (non-hydrogen) atoms. The third-order valence-electron chi connectivity index (χ3n) is 2.63. The van der Waals surface area contributed by atoms with Crippen molar-refractivity contribution in [3.63, 3.8) is 0 Å². The first-order valence-corrected chi connectivity index (χ1v) is 7.14. The number of carbonyl (C=O) groups is 1. The first-order chi connectivity index (χ1) is 8.60. The monoisotopic (exact) mass is 271 g/mol. The van der Waals surface area contributed by atoms with Crippen molar-refractivity contribution in [2.24, 2.45) is 12.8 Å². The lowest BCUT2D eigenvalue weighted by Gasteiger charge is -2.11. The minimum atomic E-state index is -0.298. The predicted octanol–water partition coefficient (Wildman–Crippen LogP) is 1.57. The molecule has 0 aliphatic heterocycles. The van der Waals surface area contributed by atoms with Gasteiger partial charge in [-0.15, -0.1) is 0 Å². The maximum absolute atomic E-state index is 11.7. The topological polar surface area (TPSA) is 70.1 Å². The van der Waals surface area contributed by atoms with E-state index < -0.39 is 0 Å². The largest absolute Gasteiger partial charge is 0.462 e. The van der Waals surface area contributed by atoms with Crippen LogP contribution in [-0.2, 0) is 17.5 Å². The highest BCUT2D eigenvalue weighted by Gasteiger charge is 2.17. The Morgan fingerprint density at radius 2 is 2.39 bits per heavy atom. The van der Waals surface area contributed by atoms with E-state index in [2.05, 4.69) is 12.0 Å². The number of carbonyl (C=O) groups excluding carboxylic acids is 1. The highest BCUT2D eigenvalue weighted by molar-refractivity contribution is 7.99. The first-order valence-electron chi connectivity index (χ1n) is 6.09. The minimum Gasteiger partial charge on any atom is -0.462 e. The molecule has 0 amide bonds. The van der Waals surface area contributed by atoms with Crippen molar-refractivity contribution in [3.05, 3.63) is 17.5 Å². The Kier molecular flexibility index (Phi) is 6.21. The van der Waals surface area contributed by atoms with Crippen LogP contribution in [0.4, 0.5) is 0 Å². The summed E-state index contributed by atoms with van der Waals surface area (Å²) in [6.45, 7) is 5.00. The summed E-state index contributed by atoms with van der Waals surface area (Å²) in [7, 11) is 1.84. The fraction of sp³-hybridized carbons (Fsp3) is 0.667. The highest BCUT2D eigenvalue weighted by atomic mass is 32.2. The molecule has 0 aliphatic carbocycles. The highest BCUT2D eigenvalue weighted by Crippen LogP contribution is 2.22. The molecule has 102 valence electrons. The van der Waals surface area contributed by atoms with E-state index in [0.717, 1.165) is 17.9 Å². The maximum atomic E-state index is 11.7. The normalized spacial score (nSPS) is 12.4. The molecule has 0 radical (unpaired) electrons. The van der Waals surface area contributed by atoms with E-state index in [4.69, 9.17) is 10.5 Å². The van der Waals surface area contributed by atoms with E-state index in [-0.39, 0.29) is 5.97 Å². The number of ether oxygens (including phenoxy) is 1. The Morgan fingerprint density at radius 3 is 3.00 bits per heavy atom. The molecule has 0 bridgehead atoms. The van der Waals surface area contributed by atoms with Crippen LogP contribution in [-0.4, -0.2) is 34.2 Å². The number of nitrogens with zero attached hydrogens (tertiary/aromatic N) is 2. The molecule has 1 heterocycles.